The third kappa shape index (κ3) is 5.26. The summed E-state index contributed by atoms with van der Waals surface area (Å²) in [5.74, 6) is -0.969. The Hall–Kier alpha value is -3.06. The minimum atomic E-state index is -0.599. The number of halogens is 1. The molecule has 0 aliphatic heterocycles. The van der Waals surface area contributed by atoms with E-state index < -0.39 is 11.7 Å². The Bertz CT molecular complexity index is 994. The van der Waals surface area contributed by atoms with Gasteiger partial charge in [0.2, 0.25) is 0 Å². The van der Waals surface area contributed by atoms with Crippen molar-refractivity contribution in [3.05, 3.63) is 59.7 Å². The molecular formula is C22H24FN3O3. The number of nitrogens with one attached hydrogen (secondary N) is 1. The first-order valence-corrected chi connectivity index (χ1v) is 9.54. The number of hydrogen-bond acceptors (Lipinski definition) is 5. The molecule has 3 rings (SSSR count). The lowest BCUT2D eigenvalue weighted by Gasteiger charge is -2.12. The number of unbranched alkanes of at least 4 members (excludes halogenated alkanes) is 2. The quantitative estimate of drug-likeness (QED) is 0.537. The fourth-order valence-corrected chi connectivity index (χ4v) is 2.93. The maximum atomic E-state index is 14.7. The summed E-state index contributed by atoms with van der Waals surface area (Å²) in [5, 5.41) is 2.60. The van der Waals surface area contributed by atoms with E-state index in [9.17, 15) is 9.18 Å². The average Bonchev–Trinajstić information content (AvgIpc) is 2.72. The third-order valence-corrected chi connectivity index (χ3v) is 4.45. The van der Waals surface area contributed by atoms with Crippen LogP contribution in [-0.2, 0) is 4.74 Å². The Morgan fingerprint density at radius 1 is 1.10 bits per heavy atom. The first-order chi connectivity index (χ1) is 14.1. The molecule has 1 amide bonds. The predicted octanol–water partition coefficient (Wildman–Crippen LogP) is 4.53. The van der Waals surface area contributed by atoms with E-state index in [-0.39, 0.29) is 17.1 Å². The van der Waals surface area contributed by atoms with E-state index in [1.165, 1.54) is 6.07 Å². The highest BCUT2D eigenvalue weighted by molar-refractivity contribution is 6.05. The monoisotopic (exact) mass is 397 g/mol. The summed E-state index contributed by atoms with van der Waals surface area (Å²) in [4.78, 5) is 21.3. The van der Waals surface area contributed by atoms with Crippen LogP contribution in [0.25, 0.3) is 11.0 Å². The van der Waals surface area contributed by atoms with Gasteiger partial charge in [-0.3, -0.25) is 9.78 Å². The summed E-state index contributed by atoms with van der Waals surface area (Å²) in [5.41, 5.74) is 2.26. The van der Waals surface area contributed by atoms with Crippen LogP contribution < -0.4 is 10.1 Å². The van der Waals surface area contributed by atoms with E-state index in [0.717, 1.165) is 19.3 Å². The van der Waals surface area contributed by atoms with E-state index in [1.54, 1.807) is 50.6 Å². The lowest BCUT2D eigenvalue weighted by molar-refractivity contribution is 0.102. The second kappa shape index (κ2) is 9.93. The molecule has 0 bridgehead atoms. The number of amides is 1. The van der Waals surface area contributed by atoms with E-state index in [4.69, 9.17) is 9.47 Å². The van der Waals surface area contributed by atoms with E-state index >= 15 is 0 Å². The van der Waals surface area contributed by atoms with Gasteiger partial charge in [-0.25, -0.2) is 9.37 Å². The summed E-state index contributed by atoms with van der Waals surface area (Å²) in [6.07, 6.45) is 4.34. The highest BCUT2D eigenvalue weighted by Gasteiger charge is 2.16. The van der Waals surface area contributed by atoms with Gasteiger partial charge in [-0.1, -0.05) is 6.07 Å². The van der Waals surface area contributed by atoms with Gasteiger partial charge in [0.05, 0.1) is 23.3 Å². The zero-order valence-corrected chi connectivity index (χ0v) is 16.6. The number of aryl methyl sites for hydroxylation is 1. The molecule has 0 aliphatic rings. The predicted molar refractivity (Wildman–Crippen MR) is 110 cm³/mol. The molecule has 29 heavy (non-hydrogen) atoms. The van der Waals surface area contributed by atoms with Crippen molar-refractivity contribution in [3.63, 3.8) is 0 Å². The topological polar surface area (TPSA) is 73.3 Å². The van der Waals surface area contributed by atoms with Crippen LogP contribution in [0.15, 0.2) is 42.6 Å². The minimum absolute atomic E-state index is 0.0550. The molecule has 0 aliphatic carbocycles. The Morgan fingerprint density at radius 2 is 1.93 bits per heavy atom. The second-order valence-electron chi connectivity index (χ2n) is 6.67. The van der Waals surface area contributed by atoms with Gasteiger partial charge < -0.3 is 14.8 Å². The Labute approximate surface area is 169 Å². The number of ether oxygens (including phenoxy) is 2. The fraction of sp³-hybridized carbons (Fsp3) is 0.318. The van der Waals surface area contributed by atoms with Crippen molar-refractivity contribution in [2.75, 3.05) is 25.6 Å². The summed E-state index contributed by atoms with van der Waals surface area (Å²) in [7, 11) is 1.66. The normalized spacial score (nSPS) is 10.9. The molecule has 3 aromatic rings. The minimum Gasteiger partial charge on any atom is -0.490 e. The van der Waals surface area contributed by atoms with Gasteiger partial charge in [0.1, 0.15) is 5.69 Å². The van der Waals surface area contributed by atoms with Crippen LogP contribution in [0, 0.1) is 12.7 Å². The largest absolute Gasteiger partial charge is 0.490 e. The van der Waals surface area contributed by atoms with Crippen molar-refractivity contribution in [1.82, 2.24) is 9.97 Å². The van der Waals surface area contributed by atoms with Gasteiger partial charge in [0.15, 0.2) is 11.6 Å². The zero-order valence-electron chi connectivity index (χ0n) is 16.6. The zero-order chi connectivity index (χ0) is 20.6. The molecule has 1 aromatic carbocycles. The number of pyridine rings is 2. The first kappa shape index (κ1) is 20.7. The van der Waals surface area contributed by atoms with Gasteiger partial charge in [-0.05, 0) is 62.1 Å². The standard InChI is InChI=1S/C22H24FN3O3/c1-15-14-18-16(9-7-11-24-18)25-21(15)22(27)26-17-8-6-10-19(20(17)23)29-13-5-3-4-12-28-2/h6-11,14H,3-5,12-13H2,1-2H3,(H,26,27). The Balaban J connectivity index is 1.68. The summed E-state index contributed by atoms with van der Waals surface area (Å²) < 4.78 is 25.3. The summed E-state index contributed by atoms with van der Waals surface area (Å²) in [6.45, 7) is 2.88. The molecule has 0 unspecified atom stereocenters. The second-order valence-corrected chi connectivity index (χ2v) is 6.67. The number of methoxy groups -OCH3 is 1. The fourth-order valence-electron chi connectivity index (χ4n) is 2.93. The number of carbonyl (C=O) groups is 1. The number of carbonyl (C=O) groups excluding carboxylic acids is 1. The van der Waals surface area contributed by atoms with Gasteiger partial charge in [-0.2, -0.15) is 0 Å². The van der Waals surface area contributed by atoms with E-state index in [0.29, 0.717) is 29.8 Å². The van der Waals surface area contributed by atoms with Crippen molar-refractivity contribution in [2.45, 2.75) is 26.2 Å². The van der Waals surface area contributed by atoms with Crippen LogP contribution in [0.5, 0.6) is 5.75 Å². The molecule has 0 spiro atoms. The highest BCUT2D eigenvalue weighted by atomic mass is 19.1. The molecule has 6 nitrogen and oxygen atoms in total. The molecule has 7 heteroatoms. The molecule has 0 atom stereocenters. The number of anilines is 1. The third-order valence-electron chi connectivity index (χ3n) is 4.45. The molecule has 2 aromatic heterocycles. The molecule has 0 saturated heterocycles. The molecule has 0 radical (unpaired) electrons. The van der Waals surface area contributed by atoms with E-state index in [1.807, 2.05) is 0 Å². The Kier molecular flexibility index (Phi) is 7.08. The molecule has 0 saturated carbocycles. The number of nitrogens with zero attached hydrogens (tertiary/aromatic N) is 2. The maximum absolute atomic E-state index is 14.7. The molecule has 152 valence electrons. The van der Waals surface area contributed by atoms with Gasteiger partial charge in [-0.15, -0.1) is 0 Å². The number of benzene rings is 1. The average molecular weight is 397 g/mol. The smallest absolute Gasteiger partial charge is 0.274 e. The summed E-state index contributed by atoms with van der Waals surface area (Å²) >= 11 is 0. The SMILES string of the molecule is COCCCCCOc1cccc(NC(=O)c2nc3cccnc3cc2C)c1F. The number of rotatable bonds is 9. The van der Waals surface area contributed by atoms with Crippen LogP contribution in [0.3, 0.4) is 0 Å². The van der Waals surface area contributed by atoms with Gasteiger partial charge in [0, 0.05) is 19.9 Å². The molecule has 0 fully saturated rings. The lowest BCUT2D eigenvalue weighted by atomic mass is 10.1. The molecular weight excluding hydrogens is 373 g/mol. The van der Waals surface area contributed by atoms with Crippen LogP contribution in [0.1, 0.15) is 35.3 Å². The van der Waals surface area contributed by atoms with Crippen LogP contribution in [0.2, 0.25) is 0 Å². The number of aromatic nitrogens is 2. The Morgan fingerprint density at radius 3 is 2.76 bits per heavy atom. The first-order valence-electron chi connectivity index (χ1n) is 9.54. The van der Waals surface area contributed by atoms with Crippen LogP contribution in [0.4, 0.5) is 10.1 Å². The van der Waals surface area contributed by atoms with Crippen LogP contribution >= 0.6 is 0 Å². The van der Waals surface area contributed by atoms with Crippen molar-refractivity contribution in [1.29, 1.82) is 0 Å². The highest BCUT2D eigenvalue weighted by Crippen LogP contribution is 2.25. The van der Waals surface area contributed by atoms with E-state index in [2.05, 4.69) is 15.3 Å². The van der Waals surface area contributed by atoms with Crippen molar-refractivity contribution in [2.24, 2.45) is 0 Å². The number of hydrogen-bond donors (Lipinski definition) is 1. The lowest BCUT2D eigenvalue weighted by Crippen LogP contribution is -2.16. The molecule has 1 N–H and O–H groups in total. The van der Waals surface area contributed by atoms with Gasteiger partial charge >= 0.3 is 0 Å². The van der Waals surface area contributed by atoms with Gasteiger partial charge in [0.25, 0.3) is 5.91 Å². The maximum Gasteiger partial charge on any atom is 0.274 e. The van der Waals surface area contributed by atoms with Crippen molar-refractivity contribution >= 4 is 22.6 Å². The number of fused-ring (bicyclic) bond motifs is 1. The molecule has 2 heterocycles. The van der Waals surface area contributed by atoms with Crippen molar-refractivity contribution in [3.8, 4) is 5.75 Å². The summed E-state index contributed by atoms with van der Waals surface area (Å²) in [6, 6.07) is 10.0. The van der Waals surface area contributed by atoms with Crippen molar-refractivity contribution < 1.29 is 18.7 Å². The van der Waals surface area contributed by atoms with Crippen LogP contribution in [-0.4, -0.2) is 36.2 Å².